The van der Waals surface area contributed by atoms with Gasteiger partial charge >= 0.3 is 6.03 Å². The van der Waals surface area contributed by atoms with Crippen molar-refractivity contribution in [3.8, 4) is 0 Å². The van der Waals surface area contributed by atoms with Gasteiger partial charge in [-0.2, -0.15) is 0 Å². The van der Waals surface area contributed by atoms with Gasteiger partial charge in [0, 0.05) is 21.4 Å². The maximum absolute atomic E-state index is 12.4. The van der Waals surface area contributed by atoms with E-state index in [0.717, 1.165) is 11.4 Å². The zero-order valence-corrected chi connectivity index (χ0v) is 12.7. The van der Waals surface area contributed by atoms with Crippen LogP contribution in [0.4, 0.5) is 10.5 Å². The molecule has 1 aromatic carbocycles. The van der Waals surface area contributed by atoms with Crippen LogP contribution in [-0.4, -0.2) is 27.7 Å². The third-order valence-corrected chi connectivity index (χ3v) is 3.72. The molecular formula is C13H13Cl2N5O. The average Bonchev–Trinajstić information content (AvgIpc) is 2.97. The number of aryl methyl sites for hydroxylation is 1. The molecule has 0 spiro atoms. The minimum Gasteiger partial charge on any atom is -0.348 e. The van der Waals surface area contributed by atoms with Crippen LogP contribution in [-0.2, 0) is 6.54 Å². The Labute approximate surface area is 131 Å². The van der Waals surface area contributed by atoms with E-state index in [2.05, 4.69) is 15.4 Å². The van der Waals surface area contributed by atoms with Crippen LogP contribution in [0.2, 0.25) is 10.0 Å². The number of amides is 2. The Bertz CT molecular complexity index is 667. The summed E-state index contributed by atoms with van der Waals surface area (Å²) in [4.78, 5) is 21.2. The van der Waals surface area contributed by atoms with Crippen LogP contribution in [0.5, 0.6) is 0 Å². The van der Waals surface area contributed by atoms with E-state index in [-0.39, 0.29) is 6.03 Å². The number of aromatic amines is 1. The highest BCUT2D eigenvalue weighted by Gasteiger charge is 2.30. The summed E-state index contributed by atoms with van der Waals surface area (Å²) in [7, 11) is 0. The highest BCUT2D eigenvalue weighted by molar-refractivity contribution is 6.35. The van der Waals surface area contributed by atoms with Gasteiger partial charge in [0.2, 0.25) is 0 Å². The van der Waals surface area contributed by atoms with Crippen molar-refractivity contribution in [1.82, 2.24) is 20.4 Å². The molecule has 0 radical (unpaired) electrons. The van der Waals surface area contributed by atoms with Gasteiger partial charge in [0.05, 0.1) is 25.2 Å². The Hall–Kier alpha value is -1.76. The maximum atomic E-state index is 12.4. The van der Waals surface area contributed by atoms with Crippen molar-refractivity contribution in [2.75, 3.05) is 11.6 Å². The van der Waals surface area contributed by atoms with Gasteiger partial charge in [0.1, 0.15) is 0 Å². The first kappa shape index (κ1) is 14.2. The zero-order chi connectivity index (χ0) is 15.0. The quantitative estimate of drug-likeness (QED) is 0.911. The highest BCUT2D eigenvalue weighted by Crippen LogP contribution is 2.27. The lowest BCUT2D eigenvalue weighted by Gasteiger charge is -2.17. The summed E-state index contributed by atoms with van der Waals surface area (Å²) >= 11 is 12.0. The number of nitrogens with one attached hydrogen (secondary N) is 2. The van der Waals surface area contributed by atoms with Crippen LogP contribution in [0.1, 0.15) is 11.4 Å². The molecule has 1 saturated heterocycles. The number of carbonyl (C=O) groups is 1. The average molecular weight is 326 g/mol. The fourth-order valence-corrected chi connectivity index (χ4v) is 2.67. The number of imidazole rings is 1. The normalized spacial score (nSPS) is 15.1. The minimum atomic E-state index is -0.171. The molecule has 1 fully saturated rings. The van der Waals surface area contributed by atoms with Gasteiger partial charge in [0.25, 0.3) is 0 Å². The van der Waals surface area contributed by atoms with Crippen LogP contribution >= 0.6 is 23.2 Å². The first-order valence-electron chi connectivity index (χ1n) is 6.32. The maximum Gasteiger partial charge on any atom is 0.340 e. The minimum absolute atomic E-state index is 0.171. The molecule has 0 aliphatic carbocycles. The van der Waals surface area contributed by atoms with Crippen LogP contribution in [0.15, 0.2) is 24.5 Å². The summed E-state index contributed by atoms with van der Waals surface area (Å²) in [6, 6.07) is 4.87. The van der Waals surface area contributed by atoms with E-state index in [9.17, 15) is 4.79 Å². The largest absolute Gasteiger partial charge is 0.348 e. The van der Waals surface area contributed by atoms with Gasteiger partial charge in [-0.3, -0.25) is 9.91 Å². The molecule has 21 heavy (non-hydrogen) atoms. The summed E-state index contributed by atoms with van der Waals surface area (Å²) in [6.07, 6.45) is 1.61. The van der Waals surface area contributed by atoms with Crippen molar-refractivity contribution in [3.05, 3.63) is 46.0 Å². The summed E-state index contributed by atoms with van der Waals surface area (Å²) in [5.41, 5.74) is 5.45. The second-order valence-corrected chi connectivity index (χ2v) is 5.59. The van der Waals surface area contributed by atoms with Crippen molar-refractivity contribution in [2.45, 2.75) is 13.5 Å². The van der Waals surface area contributed by atoms with Gasteiger partial charge < -0.3 is 4.98 Å². The Balaban J connectivity index is 1.78. The summed E-state index contributed by atoms with van der Waals surface area (Å²) in [6.45, 7) is 2.66. The number of halogens is 2. The number of aromatic nitrogens is 2. The molecule has 1 aromatic heterocycles. The van der Waals surface area contributed by atoms with Gasteiger partial charge in [0.15, 0.2) is 0 Å². The fourth-order valence-electron chi connectivity index (χ4n) is 2.15. The Morgan fingerprint density at radius 1 is 1.29 bits per heavy atom. The predicted octanol–water partition coefficient (Wildman–Crippen LogP) is 2.93. The first-order valence-corrected chi connectivity index (χ1v) is 7.07. The van der Waals surface area contributed by atoms with Crippen molar-refractivity contribution in [3.63, 3.8) is 0 Å². The molecule has 6 nitrogen and oxygen atoms in total. The van der Waals surface area contributed by atoms with Crippen LogP contribution in [0.3, 0.4) is 0 Å². The number of hydrogen-bond donors (Lipinski definition) is 2. The summed E-state index contributed by atoms with van der Waals surface area (Å²) in [5.74, 6) is 0. The molecule has 110 valence electrons. The van der Waals surface area contributed by atoms with E-state index in [0.29, 0.717) is 28.9 Å². The van der Waals surface area contributed by atoms with E-state index in [1.165, 1.54) is 5.01 Å². The van der Waals surface area contributed by atoms with E-state index in [4.69, 9.17) is 23.2 Å². The number of nitrogens with zero attached hydrogens (tertiary/aromatic N) is 3. The predicted molar refractivity (Wildman–Crippen MR) is 81.2 cm³/mol. The number of benzene rings is 1. The van der Waals surface area contributed by atoms with E-state index < -0.39 is 0 Å². The van der Waals surface area contributed by atoms with Crippen LogP contribution in [0, 0.1) is 6.92 Å². The molecule has 1 aliphatic heterocycles. The van der Waals surface area contributed by atoms with Crippen molar-refractivity contribution < 1.29 is 4.79 Å². The fraction of sp³-hybridized carbons (Fsp3) is 0.231. The van der Waals surface area contributed by atoms with Crippen LogP contribution in [0.25, 0.3) is 0 Å². The number of carbonyl (C=O) groups excluding carboxylic acids is 1. The second-order valence-electron chi connectivity index (χ2n) is 4.71. The van der Waals surface area contributed by atoms with Gasteiger partial charge in [-0.05, 0) is 25.1 Å². The third-order valence-electron chi connectivity index (χ3n) is 3.28. The molecule has 8 heteroatoms. The standard InChI is InChI=1S/C13H13Cl2N5O/c1-8-12(17-6-16-8)5-20-13(21)19(7-18-20)11-3-9(14)2-10(15)4-11/h2-4,6,18H,5,7H2,1H3,(H,16,17). The van der Waals surface area contributed by atoms with Gasteiger partial charge in [-0.25, -0.2) is 15.2 Å². The zero-order valence-electron chi connectivity index (χ0n) is 11.2. The van der Waals surface area contributed by atoms with Crippen molar-refractivity contribution in [2.24, 2.45) is 0 Å². The van der Waals surface area contributed by atoms with Crippen molar-refractivity contribution >= 4 is 34.9 Å². The molecule has 2 N–H and O–H groups in total. The number of urea groups is 1. The van der Waals surface area contributed by atoms with E-state index in [1.54, 1.807) is 29.4 Å². The van der Waals surface area contributed by atoms with E-state index >= 15 is 0 Å². The Kier molecular flexibility index (Phi) is 3.75. The van der Waals surface area contributed by atoms with E-state index in [1.807, 2.05) is 6.92 Å². The molecular weight excluding hydrogens is 313 g/mol. The highest BCUT2D eigenvalue weighted by atomic mass is 35.5. The molecule has 0 unspecified atom stereocenters. The number of hydrazine groups is 1. The topological polar surface area (TPSA) is 64.3 Å². The molecule has 1 aliphatic rings. The molecule has 2 heterocycles. The Morgan fingerprint density at radius 3 is 2.62 bits per heavy atom. The molecule has 3 rings (SSSR count). The lowest BCUT2D eigenvalue weighted by Crippen LogP contribution is -2.35. The summed E-state index contributed by atoms with van der Waals surface area (Å²) in [5, 5.41) is 2.50. The SMILES string of the molecule is Cc1[nH]cnc1CN1NCN(c2cc(Cl)cc(Cl)c2)C1=O. The number of anilines is 1. The Morgan fingerprint density at radius 2 is 2.00 bits per heavy atom. The molecule has 0 bridgehead atoms. The number of H-pyrrole nitrogens is 1. The smallest absolute Gasteiger partial charge is 0.340 e. The summed E-state index contributed by atoms with van der Waals surface area (Å²) < 4.78 is 0. The van der Waals surface area contributed by atoms with Gasteiger partial charge in [-0.15, -0.1) is 0 Å². The molecule has 2 amide bonds. The second kappa shape index (κ2) is 5.55. The molecule has 0 atom stereocenters. The molecule has 2 aromatic rings. The van der Waals surface area contributed by atoms with Crippen molar-refractivity contribution in [1.29, 1.82) is 0 Å². The monoisotopic (exact) mass is 325 g/mol. The lowest BCUT2D eigenvalue weighted by molar-refractivity contribution is 0.199. The third kappa shape index (κ3) is 2.83. The first-order chi connectivity index (χ1) is 10.0. The van der Waals surface area contributed by atoms with Crippen LogP contribution < -0.4 is 10.3 Å². The molecule has 0 saturated carbocycles. The number of hydrogen-bond acceptors (Lipinski definition) is 3. The lowest BCUT2D eigenvalue weighted by atomic mass is 10.3. The number of rotatable bonds is 3. The van der Waals surface area contributed by atoms with Gasteiger partial charge in [-0.1, -0.05) is 23.2 Å².